The van der Waals surface area contributed by atoms with Gasteiger partial charge in [0.1, 0.15) is 0 Å². The van der Waals surface area contributed by atoms with Crippen LogP contribution in [0.2, 0.25) is 0 Å². The zero-order chi connectivity index (χ0) is 13.3. The number of hydrogen-bond acceptors (Lipinski definition) is 4. The highest BCUT2D eigenvalue weighted by atomic mass is 16.2. The van der Waals surface area contributed by atoms with Crippen molar-refractivity contribution in [2.45, 2.75) is 44.2 Å². The highest BCUT2D eigenvalue weighted by Crippen LogP contribution is 2.35. The van der Waals surface area contributed by atoms with Gasteiger partial charge in [-0.15, -0.1) is 0 Å². The largest absolute Gasteiger partial charge is 0.304 e. The van der Waals surface area contributed by atoms with Gasteiger partial charge in [0.05, 0.1) is 12.5 Å². The molecule has 1 heterocycles. The van der Waals surface area contributed by atoms with Crippen molar-refractivity contribution >= 4 is 11.8 Å². The third-order valence-corrected chi connectivity index (χ3v) is 4.47. The highest BCUT2D eigenvalue weighted by Gasteiger charge is 2.42. The number of amides is 2. The minimum absolute atomic E-state index is 0.0486. The van der Waals surface area contributed by atoms with E-state index in [0.29, 0.717) is 13.0 Å². The maximum absolute atomic E-state index is 12.0. The molecular formula is C13H23N3O2. The minimum atomic E-state index is -0.310. The second-order valence-corrected chi connectivity index (χ2v) is 5.59. The van der Waals surface area contributed by atoms with Crippen LogP contribution in [0.15, 0.2) is 0 Å². The first-order valence-electron chi connectivity index (χ1n) is 6.75. The van der Waals surface area contributed by atoms with Gasteiger partial charge in [0, 0.05) is 18.6 Å². The third-order valence-electron chi connectivity index (χ3n) is 4.47. The lowest BCUT2D eigenvalue weighted by Crippen LogP contribution is -2.58. The summed E-state index contributed by atoms with van der Waals surface area (Å²) in [5.41, 5.74) is 0.183. The van der Waals surface area contributed by atoms with E-state index in [1.165, 1.54) is 24.2 Å². The molecule has 0 aromatic heterocycles. The summed E-state index contributed by atoms with van der Waals surface area (Å²) in [6.45, 7) is 3.11. The Bertz CT molecular complexity index is 350. The summed E-state index contributed by atoms with van der Waals surface area (Å²) in [6.07, 6.45) is 3.90. The lowest BCUT2D eigenvalue weighted by Gasteiger charge is -2.48. The van der Waals surface area contributed by atoms with Gasteiger partial charge in [0.2, 0.25) is 11.8 Å². The third kappa shape index (κ3) is 2.17. The summed E-state index contributed by atoms with van der Waals surface area (Å²) in [7, 11) is 4.17. The Kier molecular flexibility index (Phi) is 3.73. The average Bonchev–Trinajstić information content (AvgIpc) is 2.52. The van der Waals surface area contributed by atoms with Crippen LogP contribution in [0, 0.1) is 0 Å². The Hall–Kier alpha value is -0.940. The lowest BCUT2D eigenvalue weighted by atomic mass is 9.75. The van der Waals surface area contributed by atoms with E-state index in [1.54, 1.807) is 0 Å². The maximum atomic E-state index is 12.0. The van der Waals surface area contributed by atoms with E-state index in [2.05, 4.69) is 24.3 Å². The SMILES string of the molecule is CCN1C(=O)CC(NCC2(N(C)C)CCC2)C1=O. The van der Waals surface area contributed by atoms with Crippen LogP contribution in [0.25, 0.3) is 0 Å². The number of nitrogens with zero attached hydrogens (tertiary/aromatic N) is 2. The summed E-state index contributed by atoms with van der Waals surface area (Å²) in [6, 6.07) is -0.310. The smallest absolute Gasteiger partial charge is 0.246 e. The fourth-order valence-electron chi connectivity index (χ4n) is 2.85. The van der Waals surface area contributed by atoms with Gasteiger partial charge < -0.3 is 10.2 Å². The van der Waals surface area contributed by atoms with Gasteiger partial charge in [-0.05, 0) is 40.3 Å². The Morgan fingerprint density at radius 2 is 2.06 bits per heavy atom. The molecule has 0 radical (unpaired) electrons. The van der Waals surface area contributed by atoms with Crippen molar-refractivity contribution in [1.29, 1.82) is 0 Å². The molecule has 1 atom stereocenters. The van der Waals surface area contributed by atoms with Gasteiger partial charge >= 0.3 is 0 Å². The van der Waals surface area contributed by atoms with Crippen LogP contribution in [0.5, 0.6) is 0 Å². The van der Waals surface area contributed by atoms with Gasteiger partial charge in [-0.3, -0.25) is 14.5 Å². The second-order valence-electron chi connectivity index (χ2n) is 5.59. The van der Waals surface area contributed by atoms with Crippen molar-refractivity contribution in [3.8, 4) is 0 Å². The molecule has 1 N–H and O–H groups in total. The fraction of sp³-hybridized carbons (Fsp3) is 0.846. The zero-order valence-corrected chi connectivity index (χ0v) is 11.5. The summed E-state index contributed by atoms with van der Waals surface area (Å²) >= 11 is 0. The predicted octanol–water partition coefficient (Wildman–Crippen LogP) is 0.208. The van der Waals surface area contributed by atoms with Crippen molar-refractivity contribution in [2.24, 2.45) is 0 Å². The van der Waals surface area contributed by atoms with Gasteiger partial charge in [-0.1, -0.05) is 0 Å². The lowest BCUT2D eigenvalue weighted by molar-refractivity contribution is -0.138. The molecule has 0 aromatic rings. The average molecular weight is 253 g/mol. The molecule has 2 aliphatic rings. The van der Waals surface area contributed by atoms with Crippen LogP contribution >= 0.6 is 0 Å². The normalized spacial score (nSPS) is 26.9. The summed E-state index contributed by atoms with van der Waals surface area (Å²) in [5.74, 6) is -0.108. The molecular weight excluding hydrogens is 230 g/mol. The topological polar surface area (TPSA) is 52.7 Å². The van der Waals surface area contributed by atoms with Crippen molar-refractivity contribution in [1.82, 2.24) is 15.1 Å². The number of nitrogens with one attached hydrogen (secondary N) is 1. The molecule has 2 rings (SSSR count). The van der Waals surface area contributed by atoms with Gasteiger partial charge in [-0.25, -0.2) is 0 Å². The van der Waals surface area contributed by atoms with E-state index < -0.39 is 0 Å². The Labute approximate surface area is 108 Å². The van der Waals surface area contributed by atoms with Crippen LogP contribution in [0.3, 0.4) is 0 Å². The number of carbonyl (C=O) groups excluding carboxylic acids is 2. The molecule has 1 unspecified atom stereocenters. The number of rotatable bonds is 5. The maximum Gasteiger partial charge on any atom is 0.246 e. The molecule has 2 fully saturated rings. The van der Waals surface area contributed by atoms with E-state index in [9.17, 15) is 9.59 Å². The standard InChI is InChI=1S/C13H23N3O2/c1-4-16-11(17)8-10(12(16)18)14-9-13(15(2)3)6-5-7-13/h10,14H,4-9H2,1-3H3. The van der Waals surface area contributed by atoms with Gasteiger partial charge in [0.25, 0.3) is 0 Å². The van der Waals surface area contributed by atoms with Crippen molar-refractivity contribution in [3.05, 3.63) is 0 Å². The van der Waals surface area contributed by atoms with E-state index in [4.69, 9.17) is 0 Å². The van der Waals surface area contributed by atoms with Crippen molar-refractivity contribution < 1.29 is 9.59 Å². The monoisotopic (exact) mass is 253 g/mol. The molecule has 5 heteroatoms. The number of hydrogen-bond donors (Lipinski definition) is 1. The van der Waals surface area contributed by atoms with Crippen LogP contribution < -0.4 is 5.32 Å². The first-order chi connectivity index (χ1) is 8.50. The van der Waals surface area contributed by atoms with Crippen LogP contribution in [0.4, 0.5) is 0 Å². The molecule has 1 saturated carbocycles. The van der Waals surface area contributed by atoms with Crippen LogP contribution in [0.1, 0.15) is 32.6 Å². The van der Waals surface area contributed by atoms with Crippen molar-refractivity contribution in [2.75, 3.05) is 27.2 Å². The van der Waals surface area contributed by atoms with Crippen LogP contribution in [-0.2, 0) is 9.59 Å². The van der Waals surface area contributed by atoms with Crippen molar-refractivity contribution in [3.63, 3.8) is 0 Å². The van der Waals surface area contributed by atoms with E-state index in [-0.39, 0.29) is 23.4 Å². The van der Waals surface area contributed by atoms with Crippen LogP contribution in [-0.4, -0.2) is 60.4 Å². The molecule has 18 heavy (non-hydrogen) atoms. The molecule has 5 nitrogen and oxygen atoms in total. The zero-order valence-electron chi connectivity index (χ0n) is 11.5. The molecule has 1 saturated heterocycles. The Morgan fingerprint density at radius 1 is 1.39 bits per heavy atom. The summed E-state index contributed by atoms with van der Waals surface area (Å²) < 4.78 is 0. The first-order valence-corrected chi connectivity index (χ1v) is 6.75. The number of likely N-dealkylation sites (N-methyl/N-ethyl adjacent to an activating group) is 2. The van der Waals surface area contributed by atoms with E-state index >= 15 is 0 Å². The summed E-state index contributed by atoms with van der Waals surface area (Å²) in [5, 5.41) is 3.30. The Morgan fingerprint density at radius 3 is 2.44 bits per heavy atom. The molecule has 2 amide bonds. The number of carbonyl (C=O) groups is 2. The molecule has 0 spiro atoms. The number of likely N-dealkylation sites (tertiary alicyclic amines) is 1. The Balaban J connectivity index is 1.91. The molecule has 102 valence electrons. The van der Waals surface area contributed by atoms with E-state index in [1.807, 2.05) is 6.92 Å². The minimum Gasteiger partial charge on any atom is -0.304 e. The quantitative estimate of drug-likeness (QED) is 0.712. The molecule has 1 aliphatic carbocycles. The van der Waals surface area contributed by atoms with E-state index in [0.717, 1.165) is 6.54 Å². The fourth-order valence-corrected chi connectivity index (χ4v) is 2.85. The molecule has 1 aliphatic heterocycles. The van der Waals surface area contributed by atoms with Gasteiger partial charge in [-0.2, -0.15) is 0 Å². The summed E-state index contributed by atoms with van der Waals surface area (Å²) in [4.78, 5) is 27.2. The number of imide groups is 1. The second kappa shape index (κ2) is 4.97. The van der Waals surface area contributed by atoms with Gasteiger partial charge in [0.15, 0.2) is 0 Å². The first kappa shape index (κ1) is 13.5. The predicted molar refractivity (Wildman–Crippen MR) is 69.1 cm³/mol. The molecule has 0 aromatic carbocycles. The molecule has 0 bridgehead atoms. The highest BCUT2D eigenvalue weighted by molar-refractivity contribution is 6.05.